The van der Waals surface area contributed by atoms with Gasteiger partial charge in [-0.1, -0.05) is 20.8 Å². The monoisotopic (exact) mass is 367 g/mol. The lowest BCUT2D eigenvalue weighted by atomic mass is 9.70. The van der Waals surface area contributed by atoms with Gasteiger partial charge in [-0.15, -0.1) is 0 Å². The highest BCUT2D eigenvalue weighted by Gasteiger charge is 2.61. The van der Waals surface area contributed by atoms with E-state index in [0.29, 0.717) is 18.6 Å². The third kappa shape index (κ3) is 3.25. The number of rotatable bonds is 5. The molecule has 3 aliphatic rings. The van der Waals surface area contributed by atoms with E-state index in [-0.39, 0.29) is 28.7 Å². The van der Waals surface area contributed by atoms with Crippen molar-refractivity contribution in [2.24, 2.45) is 16.7 Å². The first-order chi connectivity index (χ1) is 11.8. The SMILES string of the molecule is CC1(C)CC(O)CC(C)(C)N1C[C@H](O)CO[C@H]1C[C@@H]2CC[C@]1(C)C2(C)C. The molecule has 0 radical (unpaired) electrons. The van der Waals surface area contributed by atoms with Crippen molar-refractivity contribution in [3.05, 3.63) is 0 Å². The Kier molecular flexibility index (Phi) is 5.09. The van der Waals surface area contributed by atoms with Crippen molar-refractivity contribution in [2.45, 2.75) is 110 Å². The van der Waals surface area contributed by atoms with Gasteiger partial charge in [0.25, 0.3) is 0 Å². The van der Waals surface area contributed by atoms with Crippen LogP contribution >= 0.6 is 0 Å². The Balaban J connectivity index is 1.59. The van der Waals surface area contributed by atoms with E-state index in [1.54, 1.807) is 0 Å². The smallest absolute Gasteiger partial charge is 0.0900 e. The number of nitrogens with zero attached hydrogens (tertiary/aromatic N) is 1. The number of hydrogen-bond donors (Lipinski definition) is 2. The van der Waals surface area contributed by atoms with Gasteiger partial charge in [-0.25, -0.2) is 0 Å². The summed E-state index contributed by atoms with van der Waals surface area (Å²) >= 11 is 0. The minimum atomic E-state index is -0.491. The second kappa shape index (κ2) is 6.43. The maximum absolute atomic E-state index is 10.7. The average molecular weight is 368 g/mol. The molecule has 26 heavy (non-hydrogen) atoms. The van der Waals surface area contributed by atoms with Crippen molar-refractivity contribution >= 4 is 0 Å². The van der Waals surface area contributed by atoms with Crippen LogP contribution in [-0.2, 0) is 4.74 Å². The molecule has 2 N–H and O–H groups in total. The van der Waals surface area contributed by atoms with Crippen molar-refractivity contribution in [2.75, 3.05) is 13.2 Å². The molecule has 0 amide bonds. The van der Waals surface area contributed by atoms with E-state index in [1.165, 1.54) is 12.8 Å². The number of fused-ring (bicyclic) bond motifs is 2. The van der Waals surface area contributed by atoms with Crippen LogP contribution in [-0.4, -0.2) is 57.7 Å². The van der Waals surface area contributed by atoms with Crippen LogP contribution in [0.2, 0.25) is 0 Å². The van der Waals surface area contributed by atoms with Crippen LogP contribution in [0.25, 0.3) is 0 Å². The maximum Gasteiger partial charge on any atom is 0.0900 e. The number of aliphatic hydroxyl groups is 2. The van der Waals surface area contributed by atoms with Crippen LogP contribution in [0.3, 0.4) is 0 Å². The highest BCUT2D eigenvalue weighted by molar-refractivity contribution is 5.11. The number of ether oxygens (including phenoxy) is 1. The molecule has 2 saturated carbocycles. The lowest BCUT2D eigenvalue weighted by Crippen LogP contribution is -2.63. The molecule has 4 heteroatoms. The Morgan fingerprint density at radius 2 is 1.62 bits per heavy atom. The van der Waals surface area contributed by atoms with E-state index in [4.69, 9.17) is 4.74 Å². The lowest BCUT2D eigenvalue weighted by molar-refractivity contribution is -0.119. The van der Waals surface area contributed by atoms with E-state index in [1.807, 2.05) is 0 Å². The van der Waals surface area contributed by atoms with Crippen LogP contribution in [0.15, 0.2) is 0 Å². The zero-order chi connectivity index (χ0) is 19.5. The largest absolute Gasteiger partial charge is 0.393 e. The predicted octanol–water partition coefficient (Wildman–Crippen LogP) is 3.59. The van der Waals surface area contributed by atoms with Gasteiger partial charge in [0.1, 0.15) is 0 Å². The number of likely N-dealkylation sites (tertiary alicyclic amines) is 1. The van der Waals surface area contributed by atoms with Gasteiger partial charge in [-0.2, -0.15) is 0 Å². The first kappa shape index (κ1) is 20.6. The zero-order valence-corrected chi connectivity index (χ0v) is 18.0. The molecular weight excluding hydrogens is 326 g/mol. The molecule has 1 heterocycles. The third-order valence-electron chi connectivity index (χ3n) is 8.53. The number of β-amino-alcohol motifs (C(OH)–C–C–N with tert-alkyl or cyclic N) is 1. The van der Waals surface area contributed by atoms with Crippen LogP contribution in [0.4, 0.5) is 0 Å². The van der Waals surface area contributed by atoms with E-state index < -0.39 is 6.10 Å². The summed E-state index contributed by atoms with van der Waals surface area (Å²) in [5, 5.41) is 21.0. The lowest BCUT2D eigenvalue weighted by Gasteiger charge is -2.55. The van der Waals surface area contributed by atoms with Crippen LogP contribution in [0.5, 0.6) is 0 Å². The van der Waals surface area contributed by atoms with Crippen LogP contribution < -0.4 is 0 Å². The fraction of sp³-hybridized carbons (Fsp3) is 1.00. The van der Waals surface area contributed by atoms with Crippen LogP contribution in [0.1, 0.15) is 80.6 Å². The minimum Gasteiger partial charge on any atom is -0.393 e. The molecule has 3 rings (SSSR count). The van der Waals surface area contributed by atoms with Crippen molar-refractivity contribution in [1.29, 1.82) is 0 Å². The maximum atomic E-state index is 10.7. The van der Waals surface area contributed by atoms with Crippen molar-refractivity contribution < 1.29 is 14.9 Å². The Hall–Kier alpha value is -0.160. The van der Waals surface area contributed by atoms with Gasteiger partial charge in [0.15, 0.2) is 0 Å². The van der Waals surface area contributed by atoms with Crippen LogP contribution in [0, 0.1) is 16.7 Å². The molecule has 0 spiro atoms. The molecular formula is C22H41NO3. The summed E-state index contributed by atoms with van der Waals surface area (Å²) in [6.07, 6.45) is 4.73. The Labute approximate surface area is 160 Å². The summed E-state index contributed by atoms with van der Waals surface area (Å²) in [6, 6.07) is 0. The summed E-state index contributed by atoms with van der Waals surface area (Å²) in [5.74, 6) is 0.760. The van der Waals surface area contributed by atoms with Gasteiger partial charge in [-0.05, 0) is 76.5 Å². The van der Waals surface area contributed by atoms with Crippen molar-refractivity contribution in [3.63, 3.8) is 0 Å². The molecule has 2 bridgehead atoms. The normalized spacial score (nSPS) is 40.0. The van der Waals surface area contributed by atoms with E-state index in [9.17, 15) is 10.2 Å². The molecule has 0 aromatic heterocycles. The summed E-state index contributed by atoms with van der Waals surface area (Å²) in [4.78, 5) is 2.37. The summed E-state index contributed by atoms with van der Waals surface area (Å²) in [7, 11) is 0. The standard InChI is InChI=1S/C22H41NO3/c1-19(2)11-16(24)12-20(3,4)23(19)13-17(25)14-26-18-10-15-8-9-22(18,7)21(15,5)6/h15-18,24-25H,8-14H2,1-7H3/t15-,17-,18-,22-/m0/s1. The molecule has 0 aromatic carbocycles. The molecule has 4 nitrogen and oxygen atoms in total. The van der Waals surface area contributed by atoms with Gasteiger partial charge in [-0.3, -0.25) is 4.90 Å². The number of hydrogen-bond acceptors (Lipinski definition) is 4. The van der Waals surface area contributed by atoms with E-state index in [2.05, 4.69) is 53.4 Å². The van der Waals surface area contributed by atoms with E-state index >= 15 is 0 Å². The fourth-order valence-corrected chi connectivity index (χ4v) is 6.63. The fourth-order valence-electron chi connectivity index (χ4n) is 6.63. The summed E-state index contributed by atoms with van der Waals surface area (Å²) < 4.78 is 6.31. The Morgan fingerprint density at radius 3 is 2.08 bits per heavy atom. The summed E-state index contributed by atoms with van der Waals surface area (Å²) in [6.45, 7) is 16.9. The highest BCUT2D eigenvalue weighted by atomic mass is 16.5. The third-order valence-corrected chi connectivity index (χ3v) is 8.53. The van der Waals surface area contributed by atoms with Crippen molar-refractivity contribution in [1.82, 2.24) is 4.90 Å². The molecule has 0 unspecified atom stereocenters. The first-order valence-corrected chi connectivity index (χ1v) is 10.5. The van der Waals surface area contributed by atoms with Crippen molar-refractivity contribution in [3.8, 4) is 0 Å². The van der Waals surface area contributed by atoms with Gasteiger partial charge in [0.05, 0.1) is 24.9 Å². The van der Waals surface area contributed by atoms with Gasteiger partial charge in [0.2, 0.25) is 0 Å². The second-order valence-corrected chi connectivity index (χ2v) is 11.4. The minimum absolute atomic E-state index is 0.122. The topological polar surface area (TPSA) is 52.9 Å². The van der Waals surface area contributed by atoms with E-state index in [0.717, 1.165) is 25.2 Å². The Morgan fingerprint density at radius 1 is 1.04 bits per heavy atom. The van der Waals surface area contributed by atoms with Gasteiger partial charge >= 0.3 is 0 Å². The molecule has 1 aliphatic heterocycles. The summed E-state index contributed by atoms with van der Waals surface area (Å²) in [5.41, 5.74) is 0.339. The Bertz CT molecular complexity index is 511. The zero-order valence-electron chi connectivity index (χ0n) is 18.0. The molecule has 3 fully saturated rings. The molecule has 1 saturated heterocycles. The average Bonchev–Trinajstić information content (AvgIpc) is 2.80. The van der Waals surface area contributed by atoms with Gasteiger partial charge in [0, 0.05) is 17.6 Å². The second-order valence-electron chi connectivity index (χ2n) is 11.4. The number of piperidine rings is 1. The highest BCUT2D eigenvalue weighted by Crippen LogP contribution is 2.66. The molecule has 4 atom stereocenters. The first-order valence-electron chi connectivity index (χ1n) is 10.5. The number of aliphatic hydroxyl groups excluding tert-OH is 2. The van der Waals surface area contributed by atoms with Gasteiger partial charge < -0.3 is 14.9 Å². The predicted molar refractivity (Wildman–Crippen MR) is 105 cm³/mol. The molecule has 152 valence electrons. The molecule has 2 aliphatic carbocycles. The quantitative estimate of drug-likeness (QED) is 0.780. The molecule has 0 aromatic rings.